The number of aromatic nitrogens is 2. The van der Waals surface area contributed by atoms with Gasteiger partial charge in [-0.2, -0.15) is 10.2 Å². The smallest absolute Gasteiger partial charge is 0.240 e. The molecule has 7 nitrogen and oxygen atoms in total. The monoisotopic (exact) mass is 463 g/mol. The number of hydrogen-bond acceptors (Lipinski definition) is 5. The van der Waals surface area contributed by atoms with Crippen molar-refractivity contribution < 1.29 is 9.53 Å². The Hall–Kier alpha value is -3.16. The first-order chi connectivity index (χ1) is 16.0. The Kier molecular flexibility index (Phi) is 5.91. The minimum atomic E-state index is -0.233. The number of benzene rings is 2. The highest BCUT2D eigenvalue weighted by atomic mass is 35.5. The van der Waals surface area contributed by atoms with Crippen LogP contribution < -0.4 is 4.90 Å². The van der Waals surface area contributed by atoms with Crippen LogP contribution in [-0.2, 0) is 9.53 Å². The highest BCUT2D eigenvalue weighted by molar-refractivity contribution is 6.30. The van der Waals surface area contributed by atoms with E-state index in [1.807, 2.05) is 66.2 Å². The topological polar surface area (TPSA) is 63.0 Å². The number of nitrogens with zero attached hydrogens (tertiary/aromatic N) is 5. The number of morpholine rings is 1. The number of carbonyl (C=O) groups is 1. The normalized spacial score (nSPS) is 18.5. The molecule has 1 unspecified atom stereocenters. The summed E-state index contributed by atoms with van der Waals surface area (Å²) in [5.74, 6) is 0.912. The lowest BCUT2D eigenvalue weighted by Crippen LogP contribution is -2.38. The maximum atomic E-state index is 12.7. The van der Waals surface area contributed by atoms with E-state index >= 15 is 0 Å². The van der Waals surface area contributed by atoms with Crippen LogP contribution in [0.2, 0.25) is 5.02 Å². The summed E-state index contributed by atoms with van der Waals surface area (Å²) < 4.78 is 7.61. The highest BCUT2D eigenvalue weighted by Gasteiger charge is 2.37. The Morgan fingerprint density at radius 2 is 1.76 bits per heavy atom. The molecular weight excluding hydrogens is 438 g/mol. The van der Waals surface area contributed by atoms with Crippen LogP contribution in [0, 0.1) is 6.92 Å². The summed E-state index contributed by atoms with van der Waals surface area (Å²) in [5, 5.41) is 11.9. The molecule has 33 heavy (non-hydrogen) atoms. The van der Waals surface area contributed by atoms with Crippen molar-refractivity contribution in [1.82, 2.24) is 14.8 Å². The number of rotatable bonds is 4. The van der Waals surface area contributed by atoms with E-state index in [9.17, 15) is 4.79 Å². The Balaban J connectivity index is 1.61. The molecule has 0 aliphatic carbocycles. The average molecular weight is 464 g/mol. The number of para-hydroxylation sites is 1. The number of carbonyl (C=O) groups excluding carboxylic acids is 1. The van der Waals surface area contributed by atoms with E-state index in [-0.39, 0.29) is 11.9 Å². The van der Waals surface area contributed by atoms with Gasteiger partial charge in [-0.05, 0) is 36.8 Å². The minimum Gasteiger partial charge on any atom is -0.378 e. The summed E-state index contributed by atoms with van der Waals surface area (Å²) in [6, 6.07) is 17.5. The molecule has 1 amide bonds. The second kappa shape index (κ2) is 9.00. The molecule has 1 saturated heterocycles. The second-order valence-electron chi connectivity index (χ2n) is 8.31. The largest absolute Gasteiger partial charge is 0.378 e. The Bertz CT molecular complexity index is 1180. The van der Waals surface area contributed by atoms with E-state index in [1.54, 1.807) is 11.9 Å². The highest BCUT2D eigenvalue weighted by Crippen LogP contribution is 2.41. The van der Waals surface area contributed by atoms with E-state index in [4.69, 9.17) is 26.5 Å². The van der Waals surface area contributed by atoms with Crippen LogP contribution in [0.15, 0.2) is 59.7 Å². The molecule has 0 bridgehead atoms. The molecule has 0 saturated carbocycles. The van der Waals surface area contributed by atoms with Gasteiger partial charge in [0.15, 0.2) is 0 Å². The van der Waals surface area contributed by atoms with Gasteiger partial charge < -0.3 is 9.64 Å². The Labute approximate surface area is 198 Å². The SMILES string of the molecule is CC(=O)N1N=C(c2ccc(Cl)cc2)CC1c1c(C)nn(-c2ccccc2)c1N1CCOCC1. The van der Waals surface area contributed by atoms with Crippen LogP contribution in [0.1, 0.15) is 36.2 Å². The number of ether oxygens (including phenoxy) is 1. The molecule has 2 aliphatic heterocycles. The summed E-state index contributed by atoms with van der Waals surface area (Å²) in [5.41, 5.74) is 4.74. The van der Waals surface area contributed by atoms with Crippen LogP contribution in [0.3, 0.4) is 0 Å². The first kappa shape index (κ1) is 21.7. The third-order valence-corrected chi connectivity index (χ3v) is 6.39. The van der Waals surface area contributed by atoms with E-state index in [2.05, 4.69) is 4.90 Å². The average Bonchev–Trinajstić information content (AvgIpc) is 3.42. The van der Waals surface area contributed by atoms with Crippen LogP contribution in [-0.4, -0.2) is 52.7 Å². The second-order valence-corrected chi connectivity index (χ2v) is 8.74. The van der Waals surface area contributed by atoms with E-state index < -0.39 is 0 Å². The van der Waals surface area contributed by atoms with Gasteiger partial charge in [0.05, 0.1) is 36.3 Å². The molecule has 1 fully saturated rings. The quantitative estimate of drug-likeness (QED) is 0.576. The first-order valence-corrected chi connectivity index (χ1v) is 11.5. The van der Waals surface area contributed by atoms with Crippen LogP contribution in [0.4, 0.5) is 5.82 Å². The maximum Gasteiger partial charge on any atom is 0.240 e. The fraction of sp³-hybridized carbons (Fsp3) is 0.320. The van der Waals surface area contributed by atoms with Gasteiger partial charge in [-0.25, -0.2) is 9.69 Å². The Morgan fingerprint density at radius 1 is 1.06 bits per heavy atom. The Morgan fingerprint density at radius 3 is 2.42 bits per heavy atom. The molecule has 2 aromatic carbocycles. The van der Waals surface area contributed by atoms with Gasteiger partial charge in [0.1, 0.15) is 5.82 Å². The lowest BCUT2D eigenvalue weighted by Gasteiger charge is -2.32. The predicted molar refractivity (Wildman–Crippen MR) is 129 cm³/mol. The molecule has 3 aromatic rings. The summed E-state index contributed by atoms with van der Waals surface area (Å²) >= 11 is 6.08. The molecule has 170 valence electrons. The van der Waals surface area contributed by atoms with Crippen molar-refractivity contribution in [3.63, 3.8) is 0 Å². The number of hydrazone groups is 1. The van der Waals surface area contributed by atoms with Gasteiger partial charge in [-0.3, -0.25) is 4.79 Å². The predicted octanol–water partition coefficient (Wildman–Crippen LogP) is 4.37. The summed E-state index contributed by atoms with van der Waals surface area (Å²) in [4.78, 5) is 15.0. The summed E-state index contributed by atoms with van der Waals surface area (Å²) in [6.07, 6.45) is 0.611. The minimum absolute atomic E-state index is 0.0937. The zero-order valence-corrected chi connectivity index (χ0v) is 19.5. The fourth-order valence-electron chi connectivity index (χ4n) is 4.59. The maximum absolute atomic E-state index is 12.7. The van der Waals surface area contributed by atoms with Gasteiger partial charge in [0.25, 0.3) is 0 Å². The van der Waals surface area contributed by atoms with Gasteiger partial charge >= 0.3 is 0 Å². The van der Waals surface area contributed by atoms with Crippen LogP contribution in [0.5, 0.6) is 0 Å². The number of halogens is 1. The van der Waals surface area contributed by atoms with Gasteiger partial charge in [0, 0.05) is 37.0 Å². The van der Waals surface area contributed by atoms with Gasteiger partial charge in [-0.1, -0.05) is 41.9 Å². The molecule has 2 aliphatic rings. The van der Waals surface area contributed by atoms with Crippen molar-refractivity contribution >= 4 is 29.0 Å². The number of aryl methyl sites for hydroxylation is 1. The van der Waals surface area contributed by atoms with Crippen LogP contribution >= 0.6 is 11.6 Å². The molecule has 0 radical (unpaired) electrons. The molecule has 5 rings (SSSR count). The lowest BCUT2D eigenvalue weighted by atomic mass is 9.97. The van der Waals surface area contributed by atoms with E-state index in [1.165, 1.54) is 0 Å². The molecule has 0 spiro atoms. The van der Waals surface area contributed by atoms with Crippen LogP contribution in [0.25, 0.3) is 5.69 Å². The van der Waals surface area contributed by atoms with Crippen molar-refractivity contribution in [1.29, 1.82) is 0 Å². The molecule has 8 heteroatoms. The lowest BCUT2D eigenvalue weighted by molar-refractivity contribution is -0.130. The molecule has 1 aromatic heterocycles. The fourth-order valence-corrected chi connectivity index (χ4v) is 4.71. The van der Waals surface area contributed by atoms with Gasteiger partial charge in [0.2, 0.25) is 5.91 Å². The van der Waals surface area contributed by atoms with E-state index in [0.29, 0.717) is 24.7 Å². The van der Waals surface area contributed by atoms with Crippen molar-refractivity contribution in [3.05, 3.63) is 76.4 Å². The zero-order valence-electron chi connectivity index (χ0n) is 18.7. The molecule has 3 heterocycles. The number of amides is 1. The third kappa shape index (κ3) is 4.14. The van der Waals surface area contributed by atoms with Crippen molar-refractivity contribution in [2.24, 2.45) is 5.10 Å². The first-order valence-electron chi connectivity index (χ1n) is 11.1. The van der Waals surface area contributed by atoms with Crippen molar-refractivity contribution in [2.45, 2.75) is 26.3 Å². The number of hydrogen-bond donors (Lipinski definition) is 0. The van der Waals surface area contributed by atoms with Crippen molar-refractivity contribution in [3.8, 4) is 5.69 Å². The summed E-state index contributed by atoms with van der Waals surface area (Å²) in [7, 11) is 0. The molecular formula is C25H26ClN5O2. The van der Waals surface area contributed by atoms with Gasteiger partial charge in [-0.15, -0.1) is 0 Å². The number of anilines is 1. The molecule has 0 N–H and O–H groups in total. The zero-order chi connectivity index (χ0) is 22.9. The van der Waals surface area contributed by atoms with Crippen molar-refractivity contribution in [2.75, 3.05) is 31.2 Å². The third-order valence-electron chi connectivity index (χ3n) is 6.14. The van der Waals surface area contributed by atoms with E-state index in [0.717, 1.165) is 47.1 Å². The summed E-state index contributed by atoms with van der Waals surface area (Å²) in [6.45, 7) is 6.42. The standard InChI is InChI=1S/C25H26ClN5O2/c1-17-24(23-16-22(28-30(23)18(2)32)19-8-10-20(26)11-9-19)25(29-12-14-33-15-13-29)31(27-17)21-6-4-3-5-7-21/h3-11,23H,12-16H2,1-2H3. The molecule has 1 atom stereocenters.